The third kappa shape index (κ3) is 4.33. The van der Waals surface area contributed by atoms with Gasteiger partial charge in [-0.2, -0.15) is 0 Å². The van der Waals surface area contributed by atoms with Crippen molar-refractivity contribution in [2.24, 2.45) is 0 Å². The molecule has 1 heterocycles. The van der Waals surface area contributed by atoms with Gasteiger partial charge in [-0.3, -0.25) is 4.79 Å². The quantitative estimate of drug-likeness (QED) is 0.654. The Kier molecular flexibility index (Phi) is 3.93. The molecule has 0 aromatic rings. The average Bonchev–Trinajstić information content (AvgIpc) is 2.29. The Morgan fingerprint density at radius 2 is 2.19 bits per heavy atom. The molecule has 1 aliphatic rings. The van der Waals surface area contributed by atoms with E-state index in [1.165, 1.54) is 0 Å². The molecule has 90 valence electrons. The van der Waals surface area contributed by atoms with Crippen LogP contribution < -0.4 is 10.6 Å². The second kappa shape index (κ2) is 5.01. The maximum absolute atomic E-state index is 11.5. The third-order valence-electron chi connectivity index (χ3n) is 1.94. The number of carbonyl (C=O) groups excluding carboxylic acids is 2. The summed E-state index contributed by atoms with van der Waals surface area (Å²) in [4.78, 5) is 22.9. The van der Waals surface area contributed by atoms with Crippen LogP contribution in [0.1, 0.15) is 27.2 Å². The molecule has 0 aromatic heterocycles. The van der Waals surface area contributed by atoms with Crippen molar-refractivity contribution in [3.8, 4) is 0 Å². The minimum Gasteiger partial charge on any atom is -0.444 e. The van der Waals surface area contributed by atoms with E-state index in [1.807, 2.05) is 12.2 Å². The molecule has 0 saturated heterocycles. The maximum Gasteiger partial charge on any atom is 0.408 e. The minimum atomic E-state index is -0.567. The number of nitrogens with one attached hydrogen (secondary N) is 2. The van der Waals surface area contributed by atoms with E-state index in [9.17, 15) is 9.59 Å². The van der Waals surface area contributed by atoms with E-state index in [-0.39, 0.29) is 5.91 Å². The van der Waals surface area contributed by atoms with Crippen LogP contribution in [0.5, 0.6) is 0 Å². The number of hydrogen-bond donors (Lipinski definition) is 2. The second-order valence-corrected chi connectivity index (χ2v) is 4.65. The summed E-state index contributed by atoms with van der Waals surface area (Å²) in [7, 11) is 0. The van der Waals surface area contributed by atoms with Gasteiger partial charge in [0.15, 0.2) is 0 Å². The summed E-state index contributed by atoms with van der Waals surface area (Å²) in [5, 5.41) is 5.21. The molecule has 2 N–H and O–H groups in total. The van der Waals surface area contributed by atoms with Crippen LogP contribution in [0.2, 0.25) is 0 Å². The molecule has 0 bridgehead atoms. The molecule has 5 nitrogen and oxygen atoms in total. The minimum absolute atomic E-state index is 0.184. The molecule has 16 heavy (non-hydrogen) atoms. The zero-order chi connectivity index (χ0) is 12.2. The monoisotopic (exact) mass is 226 g/mol. The molecular formula is C11H18N2O3. The van der Waals surface area contributed by atoms with Gasteiger partial charge < -0.3 is 15.4 Å². The van der Waals surface area contributed by atoms with Crippen molar-refractivity contribution in [1.29, 1.82) is 0 Å². The molecule has 0 radical (unpaired) electrons. The summed E-state index contributed by atoms with van der Waals surface area (Å²) in [5.41, 5.74) is -0.554. The predicted octanol–water partition coefficient (Wildman–Crippen LogP) is 0.956. The fourth-order valence-electron chi connectivity index (χ4n) is 1.28. The summed E-state index contributed by atoms with van der Waals surface area (Å²) in [6.45, 7) is 5.84. The first-order valence-corrected chi connectivity index (χ1v) is 5.31. The van der Waals surface area contributed by atoms with Gasteiger partial charge in [-0.15, -0.1) is 0 Å². The van der Waals surface area contributed by atoms with Crippen LogP contribution in [0.15, 0.2) is 12.2 Å². The first-order valence-electron chi connectivity index (χ1n) is 5.31. The van der Waals surface area contributed by atoms with Gasteiger partial charge in [-0.05, 0) is 27.2 Å². The SMILES string of the molecule is CC(C)(C)OC(=O)NC1CC=CCNC1=O. The van der Waals surface area contributed by atoms with E-state index in [2.05, 4.69) is 10.6 Å². The van der Waals surface area contributed by atoms with E-state index in [0.717, 1.165) is 0 Å². The number of amides is 2. The highest BCUT2D eigenvalue weighted by molar-refractivity contribution is 5.86. The maximum atomic E-state index is 11.5. The summed E-state index contributed by atoms with van der Waals surface area (Å²) < 4.78 is 5.08. The molecule has 1 rings (SSSR count). The zero-order valence-corrected chi connectivity index (χ0v) is 9.87. The molecule has 0 spiro atoms. The fourth-order valence-corrected chi connectivity index (χ4v) is 1.28. The number of alkyl carbamates (subject to hydrolysis) is 1. The first kappa shape index (κ1) is 12.5. The predicted molar refractivity (Wildman–Crippen MR) is 59.9 cm³/mol. The van der Waals surface area contributed by atoms with Gasteiger partial charge in [0.05, 0.1) is 0 Å². The van der Waals surface area contributed by atoms with Gasteiger partial charge in [0.25, 0.3) is 0 Å². The van der Waals surface area contributed by atoms with Crippen molar-refractivity contribution < 1.29 is 14.3 Å². The van der Waals surface area contributed by atoms with Crippen LogP contribution >= 0.6 is 0 Å². The van der Waals surface area contributed by atoms with E-state index < -0.39 is 17.7 Å². The summed E-state index contributed by atoms with van der Waals surface area (Å²) in [6, 6.07) is -0.548. The molecule has 5 heteroatoms. The third-order valence-corrected chi connectivity index (χ3v) is 1.94. The van der Waals surface area contributed by atoms with Gasteiger partial charge in [0.2, 0.25) is 5.91 Å². The van der Waals surface area contributed by atoms with Crippen LogP contribution in [0.4, 0.5) is 4.79 Å². The lowest BCUT2D eigenvalue weighted by Crippen LogP contribution is -2.47. The number of rotatable bonds is 1. The van der Waals surface area contributed by atoms with Crippen LogP contribution in [-0.2, 0) is 9.53 Å². The van der Waals surface area contributed by atoms with Gasteiger partial charge in [0, 0.05) is 6.54 Å². The second-order valence-electron chi connectivity index (χ2n) is 4.65. The molecular weight excluding hydrogens is 208 g/mol. The Morgan fingerprint density at radius 3 is 2.81 bits per heavy atom. The molecule has 1 aliphatic heterocycles. The molecule has 0 aliphatic carbocycles. The van der Waals surface area contributed by atoms with E-state index in [4.69, 9.17) is 4.74 Å². The number of carbonyl (C=O) groups is 2. The van der Waals surface area contributed by atoms with E-state index in [1.54, 1.807) is 20.8 Å². The average molecular weight is 226 g/mol. The lowest BCUT2D eigenvalue weighted by Gasteiger charge is -2.22. The van der Waals surface area contributed by atoms with Crippen LogP contribution in [0.25, 0.3) is 0 Å². The molecule has 1 atom stereocenters. The largest absolute Gasteiger partial charge is 0.444 e. The van der Waals surface area contributed by atoms with Gasteiger partial charge in [-0.25, -0.2) is 4.79 Å². The topological polar surface area (TPSA) is 67.4 Å². The Bertz CT molecular complexity index is 305. The standard InChI is InChI=1S/C11H18N2O3/c1-11(2,3)16-10(15)13-8-6-4-5-7-12-9(8)14/h4-5,8H,6-7H2,1-3H3,(H,12,14)(H,13,15). The fraction of sp³-hybridized carbons (Fsp3) is 0.636. The highest BCUT2D eigenvalue weighted by atomic mass is 16.6. The lowest BCUT2D eigenvalue weighted by atomic mass is 10.2. The first-order chi connectivity index (χ1) is 7.38. The zero-order valence-electron chi connectivity index (χ0n) is 9.87. The summed E-state index contributed by atoms with van der Waals surface area (Å²) in [5.74, 6) is -0.184. The number of ether oxygens (including phenoxy) is 1. The molecule has 2 amide bonds. The van der Waals surface area contributed by atoms with Crippen LogP contribution in [-0.4, -0.2) is 30.2 Å². The smallest absolute Gasteiger partial charge is 0.408 e. The van der Waals surface area contributed by atoms with Crippen molar-refractivity contribution in [2.45, 2.75) is 38.8 Å². The van der Waals surface area contributed by atoms with Crippen molar-refractivity contribution >= 4 is 12.0 Å². The van der Waals surface area contributed by atoms with Crippen molar-refractivity contribution in [3.63, 3.8) is 0 Å². The van der Waals surface area contributed by atoms with E-state index in [0.29, 0.717) is 13.0 Å². The molecule has 0 saturated carbocycles. The van der Waals surface area contributed by atoms with E-state index >= 15 is 0 Å². The van der Waals surface area contributed by atoms with Crippen molar-refractivity contribution in [3.05, 3.63) is 12.2 Å². The molecule has 1 unspecified atom stereocenters. The van der Waals surface area contributed by atoms with Crippen molar-refractivity contribution in [2.75, 3.05) is 6.54 Å². The van der Waals surface area contributed by atoms with Gasteiger partial charge >= 0.3 is 6.09 Å². The Morgan fingerprint density at radius 1 is 1.50 bits per heavy atom. The van der Waals surface area contributed by atoms with Crippen molar-refractivity contribution in [1.82, 2.24) is 10.6 Å². The normalized spacial score (nSPS) is 20.9. The van der Waals surface area contributed by atoms with Gasteiger partial charge in [-0.1, -0.05) is 12.2 Å². The highest BCUT2D eigenvalue weighted by Gasteiger charge is 2.23. The lowest BCUT2D eigenvalue weighted by molar-refractivity contribution is -0.122. The Labute approximate surface area is 95.2 Å². The Balaban J connectivity index is 2.49. The molecule has 0 fully saturated rings. The van der Waals surface area contributed by atoms with Gasteiger partial charge in [0.1, 0.15) is 11.6 Å². The Hall–Kier alpha value is -1.52. The molecule has 0 aromatic carbocycles. The van der Waals surface area contributed by atoms with Crippen LogP contribution in [0, 0.1) is 0 Å². The van der Waals surface area contributed by atoms with Crippen LogP contribution in [0.3, 0.4) is 0 Å². The number of hydrogen-bond acceptors (Lipinski definition) is 3. The summed E-state index contributed by atoms with van der Waals surface area (Å²) >= 11 is 0. The summed E-state index contributed by atoms with van der Waals surface area (Å²) in [6.07, 6.45) is 3.64. The highest BCUT2D eigenvalue weighted by Crippen LogP contribution is 2.07.